The fraction of sp³-hybridized carbons (Fsp3) is 0.562. The Kier molecular flexibility index (Phi) is 4.32. The molecule has 108 valence electrons. The van der Waals surface area contributed by atoms with Gasteiger partial charge in [-0.3, -0.25) is 4.79 Å². The Morgan fingerprint density at radius 2 is 2.15 bits per heavy atom. The minimum Gasteiger partial charge on any atom is -0.342 e. The number of nitrogens with zero attached hydrogens (tertiary/aromatic N) is 1. The van der Waals surface area contributed by atoms with Crippen molar-refractivity contribution < 1.29 is 4.79 Å². The topological polar surface area (TPSA) is 32.3 Å². The van der Waals surface area contributed by atoms with Gasteiger partial charge in [0.25, 0.3) is 0 Å². The molecule has 20 heavy (non-hydrogen) atoms. The number of carbonyl (C=O) groups is 1. The van der Waals surface area contributed by atoms with E-state index >= 15 is 0 Å². The number of hydrogen-bond donors (Lipinski definition) is 1. The number of rotatable bonds is 2. The van der Waals surface area contributed by atoms with Crippen molar-refractivity contribution in [1.82, 2.24) is 10.2 Å². The van der Waals surface area contributed by atoms with Gasteiger partial charge in [-0.25, -0.2) is 0 Å². The molecule has 2 aliphatic heterocycles. The average Bonchev–Trinajstić information content (AvgIpc) is 2.72. The van der Waals surface area contributed by atoms with E-state index in [1.165, 1.54) is 16.9 Å². The largest absolute Gasteiger partial charge is 0.342 e. The molecule has 0 aliphatic carbocycles. The second kappa shape index (κ2) is 6.19. The molecule has 1 fully saturated rings. The van der Waals surface area contributed by atoms with Crippen LogP contribution in [0, 0.1) is 0 Å². The molecule has 2 atom stereocenters. The maximum Gasteiger partial charge on any atom is 0.236 e. The third kappa shape index (κ3) is 2.86. The fourth-order valence-electron chi connectivity index (χ4n) is 3.11. The van der Waals surface area contributed by atoms with Crippen LogP contribution in [0.15, 0.2) is 29.2 Å². The summed E-state index contributed by atoms with van der Waals surface area (Å²) in [6.45, 7) is 2.11. The van der Waals surface area contributed by atoms with Gasteiger partial charge in [-0.05, 0) is 50.4 Å². The Balaban J connectivity index is 1.64. The normalized spacial score (nSPS) is 25.9. The van der Waals surface area contributed by atoms with Crippen molar-refractivity contribution in [2.24, 2.45) is 0 Å². The van der Waals surface area contributed by atoms with E-state index in [0.717, 1.165) is 32.4 Å². The summed E-state index contributed by atoms with van der Waals surface area (Å²) in [7, 11) is 1.99. The molecular formula is C16H22N2OS. The van der Waals surface area contributed by atoms with Crippen LogP contribution in [0.25, 0.3) is 0 Å². The predicted octanol–water partition coefficient (Wildman–Crippen LogP) is 2.30. The van der Waals surface area contributed by atoms with Gasteiger partial charge in [-0.15, -0.1) is 11.8 Å². The van der Waals surface area contributed by atoms with Gasteiger partial charge in [0.1, 0.15) is 0 Å². The Morgan fingerprint density at radius 3 is 3.00 bits per heavy atom. The molecule has 3 nitrogen and oxygen atoms in total. The highest BCUT2D eigenvalue weighted by molar-refractivity contribution is 8.01. The molecule has 0 radical (unpaired) electrons. The maximum absolute atomic E-state index is 12.7. The standard InChI is InChI=1S/C16H22N2OS/c1-18(13-6-4-9-17-10-8-13)16(19)15-11-12-5-2-3-7-14(12)20-15/h2-3,5,7,13,15,17H,4,6,8-11H2,1H3. The Labute approximate surface area is 125 Å². The molecule has 0 spiro atoms. The average molecular weight is 290 g/mol. The quantitative estimate of drug-likeness (QED) is 0.907. The van der Waals surface area contributed by atoms with Gasteiger partial charge in [-0.1, -0.05) is 18.2 Å². The number of hydrogen-bond acceptors (Lipinski definition) is 3. The molecule has 1 saturated heterocycles. The molecule has 1 aromatic carbocycles. The Morgan fingerprint density at radius 1 is 1.30 bits per heavy atom. The minimum atomic E-state index is 0.0774. The number of fused-ring (bicyclic) bond motifs is 1. The summed E-state index contributed by atoms with van der Waals surface area (Å²) >= 11 is 1.73. The van der Waals surface area contributed by atoms with E-state index in [4.69, 9.17) is 0 Å². The molecule has 1 N–H and O–H groups in total. The molecule has 0 bridgehead atoms. The first-order valence-electron chi connectivity index (χ1n) is 7.47. The number of amides is 1. The Bertz CT molecular complexity index is 458. The van der Waals surface area contributed by atoms with E-state index in [-0.39, 0.29) is 5.25 Å². The van der Waals surface area contributed by atoms with E-state index in [9.17, 15) is 4.79 Å². The summed E-state index contributed by atoms with van der Waals surface area (Å²) in [6, 6.07) is 8.79. The lowest BCUT2D eigenvalue weighted by molar-refractivity contribution is -0.131. The first kappa shape index (κ1) is 14.0. The molecule has 3 rings (SSSR count). The van der Waals surface area contributed by atoms with E-state index in [1.54, 1.807) is 11.8 Å². The van der Waals surface area contributed by atoms with Crippen LogP contribution in [0.2, 0.25) is 0 Å². The van der Waals surface area contributed by atoms with Crippen LogP contribution in [-0.4, -0.2) is 42.2 Å². The van der Waals surface area contributed by atoms with E-state index < -0.39 is 0 Å². The zero-order valence-electron chi connectivity index (χ0n) is 12.0. The summed E-state index contributed by atoms with van der Waals surface area (Å²) < 4.78 is 0. The molecule has 2 heterocycles. The lowest BCUT2D eigenvalue weighted by Crippen LogP contribution is -2.42. The lowest BCUT2D eigenvalue weighted by atomic mass is 10.1. The number of thioether (sulfide) groups is 1. The van der Waals surface area contributed by atoms with Gasteiger partial charge in [0.15, 0.2) is 0 Å². The van der Waals surface area contributed by atoms with Gasteiger partial charge in [0.2, 0.25) is 5.91 Å². The second-order valence-corrected chi connectivity index (χ2v) is 6.95. The van der Waals surface area contributed by atoms with Gasteiger partial charge >= 0.3 is 0 Å². The van der Waals surface area contributed by atoms with Crippen molar-refractivity contribution in [1.29, 1.82) is 0 Å². The van der Waals surface area contributed by atoms with Gasteiger partial charge < -0.3 is 10.2 Å². The molecule has 2 aliphatic rings. The molecule has 1 amide bonds. The molecule has 0 aromatic heterocycles. The predicted molar refractivity (Wildman–Crippen MR) is 83.1 cm³/mol. The van der Waals surface area contributed by atoms with Crippen LogP contribution in [0.4, 0.5) is 0 Å². The third-order valence-electron chi connectivity index (χ3n) is 4.36. The number of carbonyl (C=O) groups excluding carboxylic acids is 1. The van der Waals surface area contributed by atoms with Gasteiger partial charge in [0.05, 0.1) is 5.25 Å². The smallest absolute Gasteiger partial charge is 0.236 e. The van der Waals surface area contributed by atoms with Gasteiger partial charge in [0, 0.05) is 18.0 Å². The summed E-state index contributed by atoms with van der Waals surface area (Å²) in [5.74, 6) is 0.304. The molecule has 1 aromatic rings. The third-order valence-corrected chi connectivity index (χ3v) is 5.67. The van der Waals surface area contributed by atoms with E-state index in [1.807, 2.05) is 11.9 Å². The van der Waals surface area contributed by atoms with Crippen LogP contribution < -0.4 is 5.32 Å². The van der Waals surface area contributed by atoms with Gasteiger partial charge in [-0.2, -0.15) is 0 Å². The second-order valence-electron chi connectivity index (χ2n) is 5.70. The highest BCUT2D eigenvalue weighted by Gasteiger charge is 2.32. The first-order valence-corrected chi connectivity index (χ1v) is 8.35. The maximum atomic E-state index is 12.7. The van der Waals surface area contributed by atoms with Crippen LogP contribution >= 0.6 is 11.8 Å². The van der Waals surface area contributed by atoms with Crippen LogP contribution in [0.5, 0.6) is 0 Å². The lowest BCUT2D eigenvalue weighted by Gasteiger charge is -2.29. The molecule has 4 heteroatoms. The molecule has 2 unspecified atom stereocenters. The number of benzene rings is 1. The summed E-state index contributed by atoms with van der Waals surface area (Å²) in [5.41, 5.74) is 1.33. The van der Waals surface area contributed by atoms with Crippen molar-refractivity contribution in [3.05, 3.63) is 29.8 Å². The van der Waals surface area contributed by atoms with E-state index in [2.05, 4.69) is 29.6 Å². The number of nitrogens with one attached hydrogen (secondary N) is 1. The van der Waals surface area contributed by atoms with E-state index in [0.29, 0.717) is 11.9 Å². The van der Waals surface area contributed by atoms with Crippen molar-refractivity contribution in [3.63, 3.8) is 0 Å². The molecular weight excluding hydrogens is 268 g/mol. The van der Waals surface area contributed by atoms with Crippen molar-refractivity contribution in [2.75, 3.05) is 20.1 Å². The summed E-state index contributed by atoms with van der Waals surface area (Å²) in [5, 5.41) is 3.49. The molecule has 0 saturated carbocycles. The highest BCUT2D eigenvalue weighted by atomic mass is 32.2. The minimum absolute atomic E-state index is 0.0774. The van der Waals surface area contributed by atoms with Crippen molar-refractivity contribution in [3.8, 4) is 0 Å². The first-order chi connectivity index (χ1) is 9.75. The van der Waals surface area contributed by atoms with Crippen molar-refractivity contribution >= 4 is 17.7 Å². The summed E-state index contributed by atoms with van der Waals surface area (Å²) in [4.78, 5) is 16.0. The fourth-order valence-corrected chi connectivity index (χ4v) is 4.41. The monoisotopic (exact) mass is 290 g/mol. The van der Waals surface area contributed by atoms with Crippen LogP contribution in [-0.2, 0) is 11.2 Å². The zero-order valence-corrected chi connectivity index (χ0v) is 12.8. The highest BCUT2D eigenvalue weighted by Crippen LogP contribution is 2.37. The Hall–Kier alpha value is -1.00. The van der Waals surface area contributed by atoms with Crippen molar-refractivity contribution in [2.45, 2.75) is 41.9 Å². The summed E-state index contributed by atoms with van der Waals surface area (Å²) in [6.07, 6.45) is 4.25. The van der Waals surface area contributed by atoms with Crippen LogP contribution in [0.3, 0.4) is 0 Å². The zero-order chi connectivity index (χ0) is 13.9. The SMILES string of the molecule is CN(C(=O)C1Cc2ccccc2S1)C1CCCNCC1. The van der Waals surface area contributed by atoms with Crippen LogP contribution in [0.1, 0.15) is 24.8 Å².